The number of hydrogen-bond donors (Lipinski definition) is 1. The Balaban J connectivity index is 4.33. The lowest BCUT2D eigenvalue weighted by molar-refractivity contribution is -0.0595. The Hall–Kier alpha value is -1.15. The van der Waals surface area contributed by atoms with Gasteiger partial charge in [-0.3, -0.25) is 0 Å². The summed E-state index contributed by atoms with van der Waals surface area (Å²) in [5.41, 5.74) is -2.40. The third-order valence-electron chi connectivity index (χ3n) is 1.36. The minimum absolute atomic E-state index is 0.322. The van der Waals surface area contributed by atoms with Gasteiger partial charge >= 0.3 is 0 Å². The number of rotatable bonds is 5. The zero-order chi connectivity index (χ0) is 10.3. The monoisotopic (exact) mass is 191 g/mol. The maximum absolute atomic E-state index is 12.2. The molecule has 0 aromatic rings. The first kappa shape index (κ1) is 11.8. The number of hydrogen-bond acceptors (Lipinski definition) is 3. The van der Waals surface area contributed by atoms with Crippen molar-refractivity contribution >= 4 is 0 Å². The van der Waals surface area contributed by atoms with E-state index < -0.39 is 18.4 Å². The number of aliphatic hydroxyl groups is 1. The highest BCUT2D eigenvalue weighted by Gasteiger charge is 2.35. The molecular weight excluding hydrogens is 180 g/mol. The van der Waals surface area contributed by atoms with Gasteiger partial charge in [0.25, 0.3) is 6.43 Å². The minimum atomic E-state index is -3.00. The first-order valence-corrected chi connectivity index (χ1v) is 3.73. The van der Waals surface area contributed by atoms with Crippen molar-refractivity contribution in [3.8, 4) is 6.07 Å². The Morgan fingerprint density at radius 1 is 1.69 bits per heavy atom. The fourth-order valence-electron chi connectivity index (χ4n) is 0.598. The molecule has 0 aromatic carbocycles. The van der Waals surface area contributed by atoms with Crippen molar-refractivity contribution in [1.82, 2.24) is 0 Å². The molecule has 13 heavy (non-hydrogen) atoms. The third-order valence-corrected chi connectivity index (χ3v) is 1.36. The van der Waals surface area contributed by atoms with Gasteiger partial charge in [0.05, 0.1) is 25.4 Å². The molecule has 1 N–H and O–H groups in total. The van der Waals surface area contributed by atoms with Crippen LogP contribution < -0.4 is 0 Å². The van der Waals surface area contributed by atoms with Crippen molar-refractivity contribution in [2.45, 2.75) is 25.4 Å². The van der Waals surface area contributed by atoms with E-state index in [4.69, 9.17) is 5.26 Å². The Kier molecular flexibility index (Phi) is 5.00. The lowest BCUT2D eigenvalue weighted by atomic mass is 10.0. The standard InChI is InChI=1S/C8H11F2NO2/c1-2-13-6-4-8(12,3-5-11)7(9)10/h4,6-7,12H,2-3H2,1H3/b6-4+. The zero-order valence-corrected chi connectivity index (χ0v) is 7.20. The van der Waals surface area contributed by atoms with E-state index in [0.29, 0.717) is 6.61 Å². The molecule has 1 unspecified atom stereocenters. The lowest BCUT2D eigenvalue weighted by Crippen LogP contribution is -2.34. The number of ether oxygens (including phenoxy) is 1. The Morgan fingerprint density at radius 2 is 2.31 bits per heavy atom. The van der Waals surface area contributed by atoms with E-state index in [1.54, 1.807) is 6.92 Å². The van der Waals surface area contributed by atoms with Crippen molar-refractivity contribution in [3.05, 3.63) is 12.3 Å². The van der Waals surface area contributed by atoms with Crippen LogP contribution in [0.15, 0.2) is 12.3 Å². The molecule has 1 atom stereocenters. The molecule has 0 bridgehead atoms. The highest BCUT2D eigenvalue weighted by atomic mass is 19.3. The van der Waals surface area contributed by atoms with Gasteiger partial charge in [-0.25, -0.2) is 8.78 Å². The predicted octanol–water partition coefficient (Wildman–Crippen LogP) is 1.45. The number of alkyl halides is 2. The average Bonchev–Trinajstić information content (AvgIpc) is 2.05. The summed E-state index contributed by atoms with van der Waals surface area (Å²) in [6, 6.07) is 1.48. The molecule has 0 heterocycles. The quantitative estimate of drug-likeness (QED) is 0.669. The molecule has 0 rings (SSSR count). The van der Waals surface area contributed by atoms with Gasteiger partial charge < -0.3 is 9.84 Å². The van der Waals surface area contributed by atoms with Gasteiger partial charge in [0, 0.05) is 0 Å². The summed E-state index contributed by atoms with van der Waals surface area (Å²) >= 11 is 0. The zero-order valence-electron chi connectivity index (χ0n) is 7.20. The third kappa shape index (κ3) is 3.85. The molecule has 0 aliphatic rings. The van der Waals surface area contributed by atoms with E-state index in [1.165, 1.54) is 6.07 Å². The largest absolute Gasteiger partial charge is 0.502 e. The van der Waals surface area contributed by atoms with E-state index >= 15 is 0 Å². The first-order valence-electron chi connectivity index (χ1n) is 3.73. The average molecular weight is 191 g/mol. The SMILES string of the molecule is CCO/C=C/C(O)(CC#N)C(F)F. The molecule has 0 aromatic heterocycles. The van der Waals surface area contributed by atoms with Crippen molar-refractivity contribution in [2.75, 3.05) is 6.61 Å². The maximum atomic E-state index is 12.2. The number of nitriles is 1. The molecule has 0 saturated carbocycles. The summed E-state index contributed by atoms with van der Waals surface area (Å²) < 4.78 is 29.0. The van der Waals surface area contributed by atoms with Crippen LogP contribution in [0.1, 0.15) is 13.3 Å². The van der Waals surface area contributed by atoms with Gasteiger partial charge in [0.2, 0.25) is 0 Å². The van der Waals surface area contributed by atoms with E-state index in [2.05, 4.69) is 4.74 Å². The molecule has 0 radical (unpaired) electrons. The number of nitrogens with zero attached hydrogens (tertiary/aromatic N) is 1. The maximum Gasteiger partial charge on any atom is 0.271 e. The van der Waals surface area contributed by atoms with E-state index in [1.807, 2.05) is 0 Å². The van der Waals surface area contributed by atoms with E-state index in [0.717, 1.165) is 12.3 Å². The van der Waals surface area contributed by atoms with Gasteiger partial charge in [0.1, 0.15) is 0 Å². The second kappa shape index (κ2) is 5.49. The molecule has 3 nitrogen and oxygen atoms in total. The van der Waals surface area contributed by atoms with E-state index in [9.17, 15) is 13.9 Å². The summed E-state index contributed by atoms with van der Waals surface area (Å²) in [4.78, 5) is 0. The summed E-state index contributed by atoms with van der Waals surface area (Å²) in [7, 11) is 0. The smallest absolute Gasteiger partial charge is 0.271 e. The topological polar surface area (TPSA) is 53.2 Å². The van der Waals surface area contributed by atoms with Crippen LogP contribution in [0, 0.1) is 11.3 Å². The van der Waals surface area contributed by atoms with Crippen LogP contribution >= 0.6 is 0 Å². The molecule has 0 spiro atoms. The summed E-state index contributed by atoms with van der Waals surface area (Å²) in [6.07, 6.45) is -1.88. The fraction of sp³-hybridized carbons (Fsp3) is 0.625. The highest BCUT2D eigenvalue weighted by Crippen LogP contribution is 2.21. The number of halogens is 2. The van der Waals surface area contributed by atoms with Crippen molar-refractivity contribution in [1.29, 1.82) is 5.26 Å². The van der Waals surface area contributed by atoms with Gasteiger partial charge in [-0.2, -0.15) is 5.26 Å². The molecule has 0 saturated heterocycles. The van der Waals surface area contributed by atoms with Crippen LogP contribution in [-0.2, 0) is 4.74 Å². The molecular formula is C8H11F2NO2. The predicted molar refractivity (Wildman–Crippen MR) is 41.9 cm³/mol. The highest BCUT2D eigenvalue weighted by molar-refractivity contribution is 5.05. The van der Waals surface area contributed by atoms with Gasteiger partial charge in [0.15, 0.2) is 5.60 Å². The molecule has 0 aliphatic heterocycles. The Bertz CT molecular complexity index is 213. The van der Waals surface area contributed by atoms with Crippen LogP contribution in [0.5, 0.6) is 0 Å². The Morgan fingerprint density at radius 3 is 2.69 bits per heavy atom. The van der Waals surface area contributed by atoms with E-state index in [-0.39, 0.29) is 0 Å². The van der Waals surface area contributed by atoms with Gasteiger partial charge in [-0.05, 0) is 13.0 Å². The van der Waals surface area contributed by atoms with Gasteiger partial charge in [-0.1, -0.05) is 0 Å². The minimum Gasteiger partial charge on any atom is -0.502 e. The van der Waals surface area contributed by atoms with Crippen molar-refractivity contribution < 1.29 is 18.6 Å². The summed E-state index contributed by atoms with van der Waals surface area (Å²) in [5, 5.41) is 17.4. The summed E-state index contributed by atoms with van der Waals surface area (Å²) in [5.74, 6) is 0. The normalized spacial score (nSPS) is 15.7. The van der Waals surface area contributed by atoms with Crippen molar-refractivity contribution in [3.63, 3.8) is 0 Å². The van der Waals surface area contributed by atoms with Crippen LogP contribution in [0.25, 0.3) is 0 Å². The Labute approximate surface area is 75.2 Å². The second-order valence-corrected chi connectivity index (χ2v) is 2.38. The van der Waals surface area contributed by atoms with Crippen molar-refractivity contribution in [2.24, 2.45) is 0 Å². The lowest BCUT2D eigenvalue weighted by Gasteiger charge is -2.19. The van der Waals surface area contributed by atoms with Crippen LogP contribution in [0.3, 0.4) is 0 Å². The fourth-order valence-corrected chi connectivity index (χ4v) is 0.598. The molecule has 0 fully saturated rings. The van der Waals surface area contributed by atoms with Crippen LogP contribution in [0.4, 0.5) is 8.78 Å². The van der Waals surface area contributed by atoms with Crippen LogP contribution in [-0.4, -0.2) is 23.7 Å². The molecule has 74 valence electrons. The summed E-state index contributed by atoms with van der Waals surface area (Å²) in [6.45, 7) is 2.00. The molecule has 5 heteroatoms. The molecule has 0 amide bonds. The van der Waals surface area contributed by atoms with Gasteiger partial charge in [-0.15, -0.1) is 0 Å². The molecule has 0 aliphatic carbocycles. The second-order valence-electron chi connectivity index (χ2n) is 2.38. The first-order chi connectivity index (χ1) is 6.06. The van der Waals surface area contributed by atoms with Crippen LogP contribution in [0.2, 0.25) is 0 Å².